The van der Waals surface area contributed by atoms with Crippen LogP contribution >= 0.6 is 0 Å². The number of aromatic nitrogens is 3. The Morgan fingerprint density at radius 1 is 1.23 bits per heavy atom. The van der Waals surface area contributed by atoms with Gasteiger partial charge in [0.05, 0.1) is 23.6 Å². The molecule has 0 atom stereocenters. The molecule has 2 aromatic heterocycles. The molecule has 176 valence electrons. The first-order chi connectivity index (χ1) is 17.0. The molecule has 4 aromatic rings. The first-order valence-electron chi connectivity index (χ1n) is 11.1. The first-order valence-corrected chi connectivity index (χ1v) is 11.1. The van der Waals surface area contributed by atoms with Gasteiger partial charge in [-0.15, -0.1) is 0 Å². The lowest BCUT2D eigenvalue weighted by Crippen LogP contribution is -2.26. The van der Waals surface area contributed by atoms with Gasteiger partial charge >= 0.3 is 0 Å². The summed E-state index contributed by atoms with van der Waals surface area (Å²) in [6.45, 7) is 7.87. The molecule has 0 bridgehead atoms. The molecule has 0 aliphatic rings. The van der Waals surface area contributed by atoms with E-state index in [1.807, 2.05) is 56.3 Å². The third-order valence-corrected chi connectivity index (χ3v) is 5.42. The number of hydrogen-bond donors (Lipinski definition) is 1. The second-order valence-corrected chi connectivity index (χ2v) is 7.80. The van der Waals surface area contributed by atoms with Crippen LogP contribution in [-0.4, -0.2) is 27.2 Å². The molecule has 35 heavy (non-hydrogen) atoms. The van der Waals surface area contributed by atoms with Crippen molar-refractivity contribution in [3.63, 3.8) is 0 Å². The first kappa shape index (κ1) is 23.6. The van der Waals surface area contributed by atoms with Gasteiger partial charge in [0, 0.05) is 29.3 Å². The Balaban J connectivity index is 1.58. The fourth-order valence-electron chi connectivity index (χ4n) is 3.69. The van der Waals surface area contributed by atoms with Gasteiger partial charge in [-0.2, -0.15) is 5.10 Å². The minimum absolute atomic E-state index is 0.192. The number of fused-ring (bicyclic) bond motifs is 1. The Bertz CT molecular complexity index is 1450. The van der Waals surface area contributed by atoms with Crippen molar-refractivity contribution in [2.75, 3.05) is 6.54 Å². The molecule has 0 fully saturated rings. The maximum Gasteiger partial charge on any atom is 0.251 e. The fraction of sp³-hybridized carbons (Fsp3) is 0.107. The van der Waals surface area contributed by atoms with E-state index >= 15 is 0 Å². The summed E-state index contributed by atoms with van der Waals surface area (Å²) in [6, 6.07) is 12.6. The van der Waals surface area contributed by atoms with E-state index in [9.17, 15) is 9.18 Å². The third-order valence-electron chi connectivity index (χ3n) is 5.42. The van der Waals surface area contributed by atoms with Crippen LogP contribution in [0.4, 0.5) is 4.39 Å². The lowest BCUT2D eigenvalue weighted by Gasteiger charge is -2.14. The van der Waals surface area contributed by atoms with E-state index in [4.69, 9.17) is 4.74 Å². The number of benzene rings is 2. The quantitative estimate of drug-likeness (QED) is 0.318. The summed E-state index contributed by atoms with van der Waals surface area (Å²) in [5.41, 5.74) is 3.55. The van der Waals surface area contributed by atoms with Gasteiger partial charge in [-0.3, -0.25) is 9.78 Å². The zero-order chi connectivity index (χ0) is 24.8. The Hall–Kier alpha value is -4.52. The summed E-state index contributed by atoms with van der Waals surface area (Å²) in [7, 11) is 0. The molecule has 0 unspecified atom stereocenters. The molecule has 0 saturated heterocycles. The van der Waals surface area contributed by atoms with Crippen LogP contribution in [0.25, 0.3) is 16.6 Å². The SMILES string of the molecule is C=C/C=C(\C=C/C)CNC(=O)c1cccc(Oc2ccnc3cc(-n4cc(F)cn4)ccc23)c1C. The number of pyridine rings is 1. The summed E-state index contributed by atoms with van der Waals surface area (Å²) in [5.74, 6) is 0.559. The Morgan fingerprint density at radius 3 is 2.83 bits per heavy atom. The zero-order valence-electron chi connectivity index (χ0n) is 19.5. The second kappa shape index (κ2) is 10.6. The minimum atomic E-state index is -0.413. The number of allylic oxidation sites excluding steroid dienone is 3. The van der Waals surface area contributed by atoms with Crippen molar-refractivity contribution in [1.82, 2.24) is 20.1 Å². The molecule has 2 aromatic carbocycles. The predicted molar refractivity (Wildman–Crippen MR) is 136 cm³/mol. The molecule has 0 radical (unpaired) electrons. The lowest BCUT2D eigenvalue weighted by molar-refractivity contribution is 0.0956. The van der Waals surface area contributed by atoms with E-state index in [1.54, 1.807) is 30.5 Å². The maximum atomic E-state index is 13.4. The monoisotopic (exact) mass is 468 g/mol. The molecule has 0 spiro atoms. The topological polar surface area (TPSA) is 69.0 Å². The lowest BCUT2D eigenvalue weighted by atomic mass is 10.1. The molecule has 0 aliphatic carbocycles. The Kier molecular flexibility index (Phi) is 7.16. The van der Waals surface area contributed by atoms with E-state index < -0.39 is 5.82 Å². The van der Waals surface area contributed by atoms with Gasteiger partial charge in [-0.05, 0) is 55.8 Å². The third kappa shape index (κ3) is 5.35. The number of amides is 1. The van der Waals surface area contributed by atoms with Gasteiger partial charge in [0.2, 0.25) is 0 Å². The molecule has 2 heterocycles. The Labute approximate surface area is 203 Å². The predicted octanol–water partition coefficient (Wildman–Crippen LogP) is 6.08. The number of halogens is 1. The number of nitrogens with one attached hydrogen (secondary N) is 1. The van der Waals surface area contributed by atoms with Crippen molar-refractivity contribution >= 4 is 16.8 Å². The van der Waals surface area contributed by atoms with Crippen molar-refractivity contribution in [3.8, 4) is 17.2 Å². The smallest absolute Gasteiger partial charge is 0.251 e. The van der Waals surface area contributed by atoms with Crippen LogP contribution in [0.2, 0.25) is 0 Å². The number of carbonyl (C=O) groups excluding carboxylic acids is 1. The van der Waals surface area contributed by atoms with Crippen LogP contribution in [0, 0.1) is 12.7 Å². The van der Waals surface area contributed by atoms with Crippen LogP contribution in [-0.2, 0) is 0 Å². The molecule has 4 rings (SSSR count). The van der Waals surface area contributed by atoms with Crippen molar-refractivity contribution in [2.24, 2.45) is 0 Å². The van der Waals surface area contributed by atoms with E-state index in [-0.39, 0.29) is 5.91 Å². The highest BCUT2D eigenvalue weighted by molar-refractivity contribution is 5.96. The van der Waals surface area contributed by atoms with E-state index in [1.165, 1.54) is 10.9 Å². The van der Waals surface area contributed by atoms with Crippen molar-refractivity contribution < 1.29 is 13.9 Å². The van der Waals surface area contributed by atoms with Crippen LogP contribution in [0.15, 0.2) is 97.5 Å². The zero-order valence-corrected chi connectivity index (χ0v) is 19.5. The molecule has 1 N–H and O–H groups in total. The highest BCUT2D eigenvalue weighted by atomic mass is 19.1. The van der Waals surface area contributed by atoms with Crippen molar-refractivity contribution in [2.45, 2.75) is 13.8 Å². The molecule has 6 nitrogen and oxygen atoms in total. The van der Waals surface area contributed by atoms with Crippen LogP contribution in [0.3, 0.4) is 0 Å². The number of carbonyl (C=O) groups is 1. The van der Waals surface area contributed by atoms with Crippen molar-refractivity contribution in [3.05, 3.63) is 114 Å². The molecule has 7 heteroatoms. The standard InChI is InChI=1S/C28H25FN4O2/c1-4-7-20(8-5-2)16-31-28(34)23-9-6-10-26(19(23)3)35-27-13-14-30-25-15-22(11-12-24(25)27)33-18-21(29)17-32-33/h4-15,17-18H,1,16H2,2-3H3,(H,31,34)/b8-5-,20-7+. The number of hydrogen-bond acceptors (Lipinski definition) is 4. The van der Waals surface area contributed by atoms with Gasteiger partial charge < -0.3 is 10.1 Å². The average Bonchev–Trinajstić information content (AvgIpc) is 3.30. The largest absolute Gasteiger partial charge is 0.456 e. The van der Waals surface area contributed by atoms with Gasteiger partial charge in [0.25, 0.3) is 5.91 Å². The fourth-order valence-corrected chi connectivity index (χ4v) is 3.69. The highest BCUT2D eigenvalue weighted by Crippen LogP contribution is 2.32. The highest BCUT2D eigenvalue weighted by Gasteiger charge is 2.14. The molecule has 1 amide bonds. The second-order valence-electron chi connectivity index (χ2n) is 7.80. The summed E-state index contributed by atoms with van der Waals surface area (Å²) >= 11 is 0. The van der Waals surface area contributed by atoms with Gasteiger partial charge in [-0.1, -0.05) is 36.9 Å². The number of nitrogens with zero attached hydrogens (tertiary/aromatic N) is 3. The van der Waals surface area contributed by atoms with Gasteiger partial charge in [0.1, 0.15) is 11.5 Å². The van der Waals surface area contributed by atoms with Crippen LogP contribution < -0.4 is 10.1 Å². The van der Waals surface area contributed by atoms with E-state index in [0.717, 1.165) is 22.7 Å². The summed E-state index contributed by atoms with van der Waals surface area (Å²) in [5, 5.41) is 7.73. The average molecular weight is 469 g/mol. The van der Waals surface area contributed by atoms with Crippen molar-refractivity contribution in [1.29, 1.82) is 0 Å². The molecule has 0 aliphatic heterocycles. The van der Waals surface area contributed by atoms with E-state index in [2.05, 4.69) is 22.0 Å². The van der Waals surface area contributed by atoms with Crippen LogP contribution in [0.1, 0.15) is 22.8 Å². The summed E-state index contributed by atoms with van der Waals surface area (Å²) in [6.07, 6.45) is 11.5. The molecular formula is C28H25FN4O2. The summed E-state index contributed by atoms with van der Waals surface area (Å²) in [4.78, 5) is 17.3. The Morgan fingerprint density at radius 2 is 2.09 bits per heavy atom. The number of ether oxygens (including phenoxy) is 1. The van der Waals surface area contributed by atoms with Gasteiger partial charge in [0.15, 0.2) is 5.82 Å². The van der Waals surface area contributed by atoms with E-state index in [0.29, 0.717) is 34.8 Å². The molecule has 0 saturated carbocycles. The van der Waals surface area contributed by atoms with Crippen LogP contribution in [0.5, 0.6) is 11.5 Å². The summed E-state index contributed by atoms with van der Waals surface area (Å²) < 4.78 is 21.0. The molecular weight excluding hydrogens is 443 g/mol. The normalized spacial score (nSPS) is 11.7. The maximum absolute atomic E-state index is 13.4. The van der Waals surface area contributed by atoms with Gasteiger partial charge in [-0.25, -0.2) is 9.07 Å². The number of rotatable bonds is 8. The minimum Gasteiger partial charge on any atom is -0.456 e.